The number of hydrogen-bond acceptors (Lipinski definition) is 3. The Morgan fingerprint density at radius 1 is 1.41 bits per heavy atom. The molecular weight excluding hydrogens is 267 g/mol. The Hall–Kier alpha value is -1.53. The van der Waals surface area contributed by atoms with Gasteiger partial charge in [-0.05, 0) is 18.2 Å². The van der Waals surface area contributed by atoms with Crippen LogP contribution in [0.5, 0.6) is 0 Å². The van der Waals surface area contributed by atoms with Gasteiger partial charge < -0.3 is 10.2 Å². The van der Waals surface area contributed by atoms with E-state index in [-0.39, 0.29) is 10.7 Å². The molecule has 0 amide bonds. The SMILES string of the molecule is Nc1c(F)ccc(NS(=O)c2ccoc2)c1Cl. The Bertz CT molecular complexity index is 560. The van der Waals surface area contributed by atoms with Crippen molar-refractivity contribution in [3.8, 4) is 0 Å². The number of hydrogen-bond donors (Lipinski definition) is 2. The zero-order valence-electron chi connectivity index (χ0n) is 8.44. The summed E-state index contributed by atoms with van der Waals surface area (Å²) >= 11 is 5.82. The van der Waals surface area contributed by atoms with Crippen LogP contribution in [0.1, 0.15) is 0 Å². The first-order valence-corrected chi connectivity index (χ1v) is 6.06. The third-order valence-electron chi connectivity index (χ3n) is 2.04. The molecule has 0 fully saturated rings. The van der Waals surface area contributed by atoms with E-state index in [4.69, 9.17) is 21.8 Å². The summed E-state index contributed by atoms with van der Waals surface area (Å²) in [5.41, 5.74) is 5.53. The normalized spacial score (nSPS) is 12.4. The Kier molecular flexibility index (Phi) is 3.35. The number of furan rings is 1. The number of rotatable bonds is 3. The minimum absolute atomic E-state index is 0.00171. The van der Waals surface area contributed by atoms with E-state index in [0.717, 1.165) is 6.07 Å². The highest BCUT2D eigenvalue weighted by Gasteiger charge is 2.12. The summed E-state index contributed by atoms with van der Waals surface area (Å²) in [6, 6.07) is 4.06. The fraction of sp³-hybridized carbons (Fsp3) is 0. The van der Waals surface area contributed by atoms with Crippen LogP contribution < -0.4 is 10.5 Å². The monoisotopic (exact) mass is 274 g/mol. The van der Waals surface area contributed by atoms with Crippen LogP contribution in [0.25, 0.3) is 0 Å². The van der Waals surface area contributed by atoms with E-state index >= 15 is 0 Å². The van der Waals surface area contributed by atoms with E-state index in [1.807, 2.05) is 0 Å². The van der Waals surface area contributed by atoms with Crippen molar-refractivity contribution in [2.45, 2.75) is 4.90 Å². The number of nitrogens with two attached hydrogens (primary N) is 1. The predicted molar refractivity (Wildman–Crippen MR) is 64.6 cm³/mol. The second-order valence-corrected chi connectivity index (χ2v) is 4.74. The quantitative estimate of drug-likeness (QED) is 0.846. The van der Waals surface area contributed by atoms with Gasteiger partial charge in [0.2, 0.25) is 0 Å². The third-order valence-corrected chi connectivity index (χ3v) is 3.51. The van der Waals surface area contributed by atoms with Crippen LogP contribution in [0.2, 0.25) is 5.02 Å². The molecule has 90 valence electrons. The highest BCUT2D eigenvalue weighted by Crippen LogP contribution is 2.31. The van der Waals surface area contributed by atoms with Crippen molar-refractivity contribution in [3.05, 3.63) is 41.6 Å². The Labute approximate surface area is 104 Å². The van der Waals surface area contributed by atoms with Crippen molar-refractivity contribution in [2.75, 3.05) is 10.5 Å². The lowest BCUT2D eigenvalue weighted by Crippen LogP contribution is -2.05. The van der Waals surface area contributed by atoms with Gasteiger partial charge in [-0.3, -0.25) is 4.72 Å². The fourth-order valence-electron chi connectivity index (χ4n) is 1.16. The smallest absolute Gasteiger partial charge is 0.153 e. The van der Waals surface area contributed by atoms with Crippen molar-refractivity contribution in [3.63, 3.8) is 0 Å². The van der Waals surface area contributed by atoms with Gasteiger partial charge in [0.05, 0.1) is 27.6 Å². The topological polar surface area (TPSA) is 68.3 Å². The van der Waals surface area contributed by atoms with Gasteiger partial charge in [0.25, 0.3) is 0 Å². The first-order valence-electron chi connectivity index (χ1n) is 4.53. The molecule has 0 spiro atoms. The number of benzene rings is 1. The predicted octanol–water partition coefficient (Wildman–Crippen LogP) is 2.79. The molecule has 0 radical (unpaired) electrons. The lowest BCUT2D eigenvalue weighted by molar-refractivity contribution is 0.561. The Morgan fingerprint density at radius 3 is 2.82 bits per heavy atom. The van der Waals surface area contributed by atoms with Crippen molar-refractivity contribution in [1.29, 1.82) is 0 Å². The van der Waals surface area contributed by atoms with Gasteiger partial charge >= 0.3 is 0 Å². The first kappa shape index (κ1) is 11.9. The number of halogens is 2. The van der Waals surface area contributed by atoms with Gasteiger partial charge in [0.1, 0.15) is 12.1 Å². The second kappa shape index (κ2) is 4.77. The molecule has 1 heterocycles. The van der Waals surface area contributed by atoms with Crippen LogP contribution in [0.4, 0.5) is 15.8 Å². The van der Waals surface area contributed by atoms with Gasteiger partial charge in [-0.2, -0.15) is 0 Å². The minimum Gasteiger partial charge on any atom is -0.471 e. The first-order chi connectivity index (χ1) is 8.09. The molecule has 0 saturated carbocycles. The maximum Gasteiger partial charge on any atom is 0.153 e. The molecule has 3 N–H and O–H groups in total. The average molecular weight is 275 g/mol. The van der Waals surface area contributed by atoms with Crippen molar-refractivity contribution in [1.82, 2.24) is 0 Å². The molecule has 17 heavy (non-hydrogen) atoms. The molecule has 1 atom stereocenters. The lowest BCUT2D eigenvalue weighted by Gasteiger charge is -2.08. The number of nitrogen functional groups attached to an aromatic ring is 1. The molecular formula is C10H8ClFN2O2S. The van der Waals surface area contributed by atoms with Crippen LogP contribution in [0, 0.1) is 5.82 Å². The summed E-state index contributed by atoms with van der Waals surface area (Å²) < 4.78 is 32.2. The molecule has 0 aliphatic heterocycles. The van der Waals surface area contributed by atoms with Crippen LogP contribution in [-0.4, -0.2) is 4.21 Å². The molecule has 0 aliphatic rings. The molecule has 2 aromatic rings. The van der Waals surface area contributed by atoms with Gasteiger partial charge in [-0.25, -0.2) is 8.60 Å². The molecule has 1 unspecified atom stereocenters. The molecule has 0 saturated heterocycles. The fourth-order valence-corrected chi connectivity index (χ4v) is 2.23. The van der Waals surface area contributed by atoms with Crippen LogP contribution in [0.15, 0.2) is 40.0 Å². The van der Waals surface area contributed by atoms with Crippen molar-refractivity contribution < 1.29 is 13.0 Å². The van der Waals surface area contributed by atoms with Gasteiger partial charge in [-0.1, -0.05) is 11.6 Å². The Morgan fingerprint density at radius 2 is 2.18 bits per heavy atom. The van der Waals surface area contributed by atoms with E-state index in [9.17, 15) is 8.60 Å². The highest BCUT2D eigenvalue weighted by molar-refractivity contribution is 7.86. The minimum atomic E-state index is -1.53. The summed E-state index contributed by atoms with van der Waals surface area (Å²) in [6.07, 6.45) is 2.74. The largest absolute Gasteiger partial charge is 0.471 e. The summed E-state index contributed by atoms with van der Waals surface area (Å²) in [5.74, 6) is -0.616. The molecule has 7 heteroatoms. The summed E-state index contributed by atoms with van der Waals surface area (Å²) in [7, 11) is -1.53. The summed E-state index contributed by atoms with van der Waals surface area (Å²) in [5, 5.41) is 0.00171. The molecule has 1 aromatic heterocycles. The standard InChI is InChI=1S/C10H8ClFN2O2S/c11-9-8(2-1-7(12)10(9)13)14-17(15)6-3-4-16-5-6/h1-5,14H,13H2. The van der Waals surface area contributed by atoms with Crippen molar-refractivity contribution in [2.24, 2.45) is 0 Å². The molecule has 4 nitrogen and oxygen atoms in total. The van der Waals surface area contributed by atoms with Crippen LogP contribution in [0.3, 0.4) is 0 Å². The van der Waals surface area contributed by atoms with Crippen LogP contribution >= 0.6 is 11.6 Å². The maximum absolute atomic E-state index is 13.0. The molecule has 0 aliphatic carbocycles. The van der Waals surface area contributed by atoms with Gasteiger partial charge in [-0.15, -0.1) is 0 Å². The number of nitrogens with one attached hydrogen (secondary N) is 1. The highest BCUT2D eigenvalue weighted by atomic mass is 35.5. The van der Waals surface area contributed by atoms with E-state index < -0.39 is 16.8 Å². The second-order valence-electron chi connectivity index (χ2n) is 3.15. The maximum atomic E-state index is 13.0. The number of anilines is 2. The molecule has 1 aromatic carbocycles. The van der Waals surface area contributed by atoms with Crippen molar-refractivity contribution >= 4 is 34.0 Å². The summed E-state index contributed by atoms with van der Waals surface area (Å²) in [4.78, 5) is 0.448. The Balaban J connectivity index is 2.25. The van der Waals surface area contributed by atoms with E-state index in [0.29, 0.717) is 10.6 Å². The molecule has 2 rings (SSSR count). The average Bonchev–Trinajstić information content (AvgIpc) is 2.83. The lowest BCUT2D eigenvalue weighted by atomic mass is 10.3. The van der Waals surface area contributed by atoms with Crippen LogP contribution in [-0.2, 0) is 11.0 Å². The van der Waals surface area contributed by atoms with E-state index in [1.54, 1.807) is 6.07 Å². The zero-order chi connectivity index (χ0) is 12.4. The van der Waals surface area contributed by atoms with E-state index in [1.165, 1.54) is 18.6 Å². The van der Waals surface area contributed by atoms with Gasteiger partial charge in [0, 0.05) is 0 Å². The zero-order valence-corrected chi connectivity index (χ0v) is 10.0. The third kappa shape index (κ3) is 2.42. The van der Waals surface area contributed by atoms with E-state index in [2.05, 4.69) is 4.72 Å². The summed E-state index contributed by atoms with van der Waals surface area (Å²) in [6.45, 7) is 0. The molecule has 0 bridgehead atoms. The van der Waals surface area contributed by atoms with Gasteiger partial charge in [0.15, 0.2) is 11.0 Å².